The molecule has 1 aliphatic heterocycles. The second-order valence-electron chi connectivity index (χ2n) is 6.18. The minimum absolute atomic E-state index is 0.0396. The minimum Gasteiger partial charge on any atom is -0.339 e. The Labute approximate surface area is 143 Å². The van der Waals surface area contributed by atoms with Gasteiger partial charge in [-0.05, 0) is 44.4 Å². The summed E-state index contributed by atoms with van der Waals surface area (Å²) in [5, 5.41) is 12.6. The smallest absolute Gasteiger partial charge is 0.252 e. The van der Waals surface area contributed by atoms with Crippen LogP contribution < -0.4 is 10.6 Å². The zero-order valence-electron chi connectivity index (χ0n) is 13.1. The van der Waals surface area contributed by atoms with E-state index in [1.807, 2.05) is 13.0 Å². The second kappa shape index (κ2) is 5.62. The zero-order chi connectivity index (χ0) is 16.7. The lowest BCUT2D eigenvalue weighted by atomic mass is 9.76. The van der Waals surface area contributed by atoms with Gasteiger partial charge in [-0.3, -0.25) is 14.7 Å². The molecule has 8 heteroatoms. The standard InChI is InChI=1S/C16H17N5O2S/c1-9-13(22)19-11-7-10(3-4-12(11)24-9)14(23)20-16(5-2-6-16)15-17-8-18-21-15/h3-4,7-9H,2,5-6H2,1H3,(H,19,22)(H,20,23)(H,17,18,21)/t9-/m0/s1. The van der Waals surface area contributed by atoms with Crippen LogP contribution in [0.25, 0.3) is 0 Å². The summed E-state index contributed by atoms with van der Waals surface area (Å²) in [5.41, 5.74) is 0.754. The molecule has 124 valence electrons. The summed E-state index contributed by atoms with van der Waals surface area (Å²) < 4.78 is 0. The summed E-state index contributed by atoms with van der Waals surface area (Å²) in [5.74, 6) is 0.478. The highest BCUT2D eigenvalue weighted by Gasteiger charge is 2.43. The van der Waals surface area contributed by atoms with Gasteiger partial charge in [0.05, 0.1) is 16.5 Å². The van der Waals surface area contributed by atoms with Crippen molar-refractivity contribution in [2.24, 2.45) is 0 Å². The van der Waals surface area contributed by atoms with Crippen molar-refractivity contribution < 1.29 is 9.59 Å². The molecular formula is C16H17N5O2S. The van der Waals surface area contributed by atoms with E-state index >= 15 is 0 Å². The highest BCUT2D eigenvalue weighted by Crippen LogP contribution is 2.40. The number of nitrogens with one attached hydrogen (secondary N) is 3. The van der Waals surface area contributed by atoms with Crippen molar-refractivity contribution in [3.63, 3.8) is 0 Å². The Bertz CT molecular complexity index is 801. The van der Waals surface area contributed by atoms with Gasteiger partial charge < -0.3 is 10.6 Å². The number of aromatic amines is 1. The van der Waals surface area contributed by atoms with Crippen LogP contribution in [0.1, 0.15) is 42.4 Å². The first kappa shape index (κ1) is 15.2. The van der Waals surface area contributed by atoms with Crippen molar-refractivity contribution in [3.05, 3.63) is 35.9 Å². The first-order valence-corrected chi connectivity index (χ1v) is 8.75. The molecule has 1 fully saturated rings. The molecule has 1 aliphatic carbocycles. The van der Waals surface area contributed by atoms with Crippen LogP contribution >= 0.6 is 11.8 Å². The van der Waals surface area contributed by atoms with Crippen LogP contribution in [0.4, 0.5) is 5.69 Å². The number of hydrogen-bond acceptors (Lipinski definition) is 5. The molecule has 1 saturated carbocycles. The summed E-state index contributed by atoms with van der Waals surface area (Å²) in [6.07, 6.45) is 4.16. The molecule has 3 N–H and O–H groups in total. The van der Waals surface area contributed by atoms with Gasteiger partial charge in [0, 0.05) is 10.5 Å². The molecule has 24 heavy (non-hydrogen) atoms. The zero-order valence-corrected chi connectivity index (χ0v) is 13.9. The molecule has 4 rings (SSSR count). The molecule has 0 radical (unpaired) electrons. The summed E-state index contributed by atoms with van der Waals surface area (Å²) >= 11 is 1.50. The van der Waals surface area contributed by atoms with Gasteiger partial charge in [0.2, 0.25) is 5.91 Å². The Morgan fingerprint density at radius 2 is 2.25 bits per heavy atom. The van der Waals surface area contributed by atoms with Crippen molar-refractivity contribution in [3.8, 4) is 0 Å². The van der Waals surface area contributed by atoms with E-state index in [1.54, 1.807) is 12.1 Å². The summed E-state index contributed by atoms with van der Waals surface area (Å²) in [6, 6.07) is 5.40. The predicted molar refractivity (Wildman–Crippen MR) is 89.8 cm³/mol. The van der Waals surface area contributed by atoms with E-state index in [1.165, 1.54) is 18.1 Å². The molecule has 2 heterocycles. The normalized spacial score (nSPS) is 21.4. The average molecular weight is 343 g/mol. The Morgan fingerprint density at radius 3 is 2.92 bits per heavy atom. The van der Waals surface area contributed by atoms with E-state index in [0.29, 0.717) is 17.1 Å². The molecule has 0 bridgehead atoms. The first-order chi connectivity index (χ1) is 11.6. The van der Waals surface area contributed by atoms with Crippen molar-refractivity contribution in [1.82, 2.24) is 20.5 Å². The van der Waals surface area contributed by atoms with E-state index in [9.17, 15) is 9.59 Å². The topological polar surface area (TPSA) is 99.8 Å². The van der Waals surface area contributed by atoms with Crippen molar-refractivity contribution in [1.29, 1.82) is 0 Å². The molecule has 1 atom stereocenters. The number of thioether (sulfide) groups is 1. The highest BCUT2D eigenvalue weighted by atomic mass is 32.2. The van der Waals surface area contributed by atoms with Crippen LogP contribution in [0.15, 0.2) is 29.4 Å². The van der Waals surface area contributed by atoms with Crippen LogP contribution in [0.5, 0.6) is 0 Å². The van der Waals surface area contributed by atoms with Crippen LogP contribution in [0.3, 0.4) is 0 Å². The van der Waals surface area contributed by atoms with Gasteiger partial charge in [-0.1, -0.05) is 0 Å². The van der Waals surface area contributed by atoms with Crippen LogP contribution in [0, 0.1) is 0 Å². The number of aromatic nitrogens is 3. The lowest BCUT2D eigenvalue weighted by molar-refractivity contribution is -0.115. The van der Waals surface area contributed by atoms with Gasteiger partial charge in [0.25, 0.3) is 5.91 Å². The number of amides is 2. The molecule has 7 nitrogen and oxygen atoms in total. The van der Waals surface area contributed by atoms with Crippen molar-refractivity contribution in [2.75, 3.05) is 5.32 Å². The fraction of sp³-hybridized carbons (Fsp3) is 0.375. The van der Waals surface area contributed by atoms with Gasteiger partial charge in [0.15, 0.2) is 0 Å². The quantitative estimate of drug-likeness (QED) is 0.792. The summed E-state index contributed by atoms with van der Waals surface area (Å²) in [6.45, 7) is 1.86. The first-order valence-electron chi connectivity index (χ1n) is 7.87. The third-order valence-corrected chi connectivity index (χ3v) is 5.78. The minimum atomic E-state index is -0.462. The number of carbonyl (C=O) groups excluding carboxylic acids is 2. The number of anilines is 1. The van der Waals surface area contributed by atoms with E-state index in [2.05, 4.69) is 25.8 Å². The molecule has 2 amide bonds. The molecule has 1 aromatic heterocycles. The van der Waals surface area contributed by atoms with E-state index in [4.69, 9.17) is 0 Å². The lowest BCUT2D eigenvalue weighted by Crippen LogP contribution is -2.51. The van der Waals surface area contributed by atoms with Gasteiger partial charge in [-0.25, -0.2) is 4.98 Å². The molecule has 0 spiro atoms. The van der Waals surface area contributed by atoms with Gasteiger partial charge in [0.1, 0.15) is 12.2 Å². The van der Waals surface area contributed by atoms with Crippen molar-refractivity contribution >= 4 is 29.3 Å². The second-order valence-corrected chi connectivity index (χ2v) is 7.57. The fourth-order valence-corrected chi connectivity index (χ4v) is 3.96. The molecule has 0 saturated heterocycles. The molecule has 0 unspecified atom stereocenters. The number of rotatable bonds is 3. The van der Waals surface area contributed by atoms with Gasteiger partial charge in [-0.2, -0.15) is 5.10 Å². The van der Waals surface area contributed by atoms with Gasteiger partial charge >= 0.3 is 0 Å². The Morgan fingerprint density at radius 1 is 1.42 bits per heavy atom. The third-order valence-electron chi connectivity index (χ3n) is 4.60. The maximum Gasteiger partial charge on any atom is 0.252 e. The number of fused-ring (bicyclic) bond motifs is 1. The molecule has 2 aromatic rings. The third kappa shape index (κ3) is 2.47. The largest absolute Gasteiger partial charge is 0.339 e. The Hall–Kier alpha value is -2.35. The van der Waals surface area contributed by atoms with Crippen LogP contribution in [-0.2, 0) is 10.3 Å². The van der Waals surface area contributed by atoms with Crippen LogP contribution in [-0.4, -0.2) is 32.2 Å². The van der Waals surface area contributed by atoms with Gasteiger partial charge in [-0.15, -0.1) is 11.8 Å². The van der Waals surface area contributed by atoms with E-state index < -0.39 is 5.54 Å². The predicted octanol–water partition coefficient (Wildman–Crippen LogP) is 2.05. The van der Waals surface area contributed by atoms with E-state index in [-0.39, 0.29) is 17.1 Å². The lowest BCUT2D eigenvalue weighted by Gasteiger charge is -2.40. The number of nitrogens with zero attached hydrogens (tertiary/aromatic N) is 2. The van der Waals surface area contributed by atoms with Crippen molar-refractivity contribution in [2.45, 2.75) is 41.9 Å². The maximum atomic E-state index is 12.7. The maximum absolute atomic E-state index is 12.7. The van der Waals surface area contributed by atoms with Crippen LogP contribution in [0.2, 0.25) is 0 Å². The highest BCUT2D eigenvalue weighted by molar-refractivity contribution is 8.00. The number of H-pyrrole nitrogens is 1. The molecule has 1 aromatic carbocycles. The molecule has 2 aliphatic rings. The summed E-state index contributed by atoms with van der Waals surface area (Å²) in [4.78, 5) is 29.7. The average Bonchev–Trinajstić information content (AvgIpc) is 3.06. The SMILES string of the molecule is C[C@@H]1Sc2ccc(C(=O)NC3(c4ncn[nH]4)CCC3)cc2NC1=O. The monoisotopic (exact) mass is 343 g/mol. The Balaban J connectivity index is 1.57. The number of benzene rings is 1. The molecular weight excluding hydrogens is 326 g/mol. The van der Waals surface area contributed by atoms with E-state index in [0.717, 1.165) is 24.2 Å². The summed E-state index contributed by atoms with van der Waals surface area (Å²) in [7, 11) is 0. The Kier molecular flexibility index (Phi) is 3.56. The number of hydrogen-bond donors (Lipinski definition) is 3. The fourth-order valence-electron chi connectivity index (χ4n) is 3.03. The number of carbonyl (C=O) groups is 2.